The van der Waals surface area contributed by atoms with Crippen LogP contribution >= 0.6 is 0 Å². The van der Waals surface area contributed by atoms with Gasteiger partial charge in [-0.3, -0.25) is 10.2 Å². The van der Waals surface area contributed by atoms with Gasteiger partial charge in [-0.2, -0.15) is 5.10 Å². The van der Waals surface area contributed by atoms with Gasteiger partial charge < -0.3 is 4.74 Å². The van der Waals surface area contributed by atoms with E-state index in [0.29, 0.717) is 6.61 Å². The Morgan fingerprint density at radius 3 is 2.60 bits per heavy atom. The van der Waals surface area contributed by atoms with Crippen LogP contribution in [-0.4, -0.2) is 12.7 Å². The molecule has 1 rings (SSSR count). The lowest BCUT2D eigenvalue weighted by molar-refractivity contribution is -0.149. The molecule has 0 heterocycles. The number of carbonyl (C=O) groups excluding carboxylic acids is 1. The molecular formula is C16H22N2O2. The zero-order valence-electron chi connectivity index (χ0n) is 12.3. The van der Waals surface area contributed by atoms with E-state index in [9.17, 15) is 4.79 Å². The van der Waals surface area contributed by atoms with Crippen molar-refractivity contribution in [3.63, 3.8) is 0 Å². The van der Waals surface area contributed by atoms with Gasteiger partial charge in [0.15, 0.2) is 0 Å². The average Bonchev–Trinajstić information content (AvgIpc) is 2.43. The molecule has 20 heavy (non-hydrogen) atoms. The molecular weight excluding hydrogens is 252 g/mol. The Kier molecular flexibility index (Phi) is 6.50. The van der Waals surface area contributed by atoms with Crippen molar-refractivity contribution >= 4 is 12.7 Å². The quantitative estimate of drug-likeness (QED) is 0.472. The fourth-order valence-electron chi connectivity index (χ4n) is 2.04. The van der Waals surface area contributed by atoms with Gasteiger partial charge in [0.05, 0.1) is 5.92 Å². The Morgan fingerprint density at radius 2 is 2.05 bits per heavy atom. The number of esters is 1. The maximum absolute atomic E-state index is 12.2. The van der Waals surface area contributed by atoms with E-state index < -0.39 is 0 Å². The van der Waals surface area contributed by atoms with Crippen LogP contribution in [0.15, 0.2) is 47.2 Å². The second-order valence-corrected chi connectivity index (χ2v) is 4.99. The van der Waals surface area contributed by atoms with Gasteiger partial charge in [-0.25, -0.2) is 0 Å². The van der Waals surface area contributed by atoms with Crippen LogP contribution in [0, 0.1) is 11.8 Å². The van der Waals surface area contributed by atoms with Crippen molar-refractivity contribution in [2.45, 2.75) is 27.4 Å². The van der Waals surface area contributed by atoms with Gasteiger partial charge in [0.2, 0.25) is 0 Å². The first kappa shape index (κ1) is 16.0. The zero-order valence-corrected chi connectivity index (χ0v) is 12.3. The lowest BCUT2D eigenvalue weighted by atomic mass is 9.89. The highest BCUT2D eigenvalue weighted by Gasteiger charge is 2.25. The maximum Gasteiger partial charge on any atom is 0.313 e. The van der Waals surface area contributed by atoms with Gasteiger partial charge in [0, 0.05) is 12.9 Å². The summed E-state index contributed by atoms with van der Waals surface area (Å²) >= 11 is 0. The van der Waals surface area contributed by atoms with Crippen molar-refractivity contribution in [1.29, 1.82) is 0 Å². The van der Waals surface area contributed by atoms with Crippen LogP contribution in [0.25, 0.3) is 0 Å². The van der Waals surface area contributed by atoms with E-state index in [-0.39, 0.29) is 17.8 Å². The summed E-state index contributed by atoms with van der Waals surface area (Å²) in [5, 5.41) is 3.54. The number of carbonyl (C=O) groups is 1. The third kappa shape index (κ3) is 4.88. The van der Waals surface area contributed by atoms with Crippen molar-refractivity contribution in [2.24, 2.45) is 16.9 Å². The van der Waals surface area contributed by atoms with Gasteiger partial charge in [0.25, 0.3) is 0 Å². The molecule has 0 bridgehead atoms. The highest BCUT2D eigenvalue weighted by Crippen LogP contribution is 2.22. The lowest BCUT2D eigenvalue weighted by Gasteiger charge is -2.20. The fraction of sp³-hybridized carbons (Fsp3) is 0.375. The number of benzene rings is 1. The molecule has 1 N–H and O–H groups in total. The van der Waals surface area contributed by atoms with E-state index in [2.05, 4.69) is 17.2 Å². The normalized spacial score (nSPS) is 12.9. The third-order valence-corrected chi connectivity index (χ3v) is 3.02. The van der Waals surface area contributed by atoms with E-state index >= 15 is 0 Å². The largest absolute Gasteiger partial charge is 0.460 e. The SMILES string of the molecule is C=NNC=C(C)C(C(=O)OCc1ccccc1)C(C)C. The van der Waals surface area contributed by atoms with Gasteiger partial charge in [-0.1, -0.05) is 44.2 Å². The number of ether oxygens (including phenoxy) is 1. The number of nitrogens with one attached hydrogen (secondary N) is 1. The predicted molar refractivity (Wildman–Crippen MR) is 81.0 cm³/mol. The second kappa shape index (κ2) is 8.15. The van der Waals surface area contributed by atoms with Crippen LogP contribution in [0.5, 0.6) is 0 Å². The van der Waals surface area contributed by atoms with Crippen molar-refractivity contribution in [3.05, 3.63) is 47.7 Å². The molecule has 0 amide bonds. The Bertz CT molecular complexity index is 467. The molecule has 0 aromatic heterocycles. The smallest absolute Gasteiger partial charge is 0.313 e. The zero-order chi connectivity index (χ0) is 15.0. The van der Waals surface area contributed by atoms with Crippen molar-refractivity contribution in [2.75, 3.05) is 0 Å². The summed E-state index contributed by atoms with van der Waals surface area (Å²) in [6, 6.07) is 9.65. The molecule has 108 valence electrons. The highest BCUT2D eigenvalue weighted by molar-refractivity contribution is 5.76. The Morgan fingerprint density at radius 1 is 1.40 bits per heavy atom. The third-order valence-electron chi connectivity index (χ3n) is 3.02. The summed E-state index contributed by atoms with van der Waals surface area (Å²) in [5.74, 6) is -0.349. The van der Waals surface area contributed by atoms with Crippen LogP contribution in [-0.2, 0) is 16.1 Å². The van der Waals surface area contributed by atoms with E-state index in [4.69, 9.17) is 4.74 Å². The minimum absolute atomic E-state index is 0.154. The summed E-state index contributed by atoms with van der Waals surface area (Å²) in [4.78, 5) is 12.2. The van der Waals surface area contributed by atoms with Crippen LogP contribution in [0.3, 0.4) is 0 Å². The minimum Gasteiger partial charge on any atom is -0.460 e. The standard InChI is InChI=1S/C16H22N2O2/c1-12(2)15(13(3)10-18-17-4)16(19)20-11-14-8-6-5-7-9-14/h5-10,12,15,18H,4,11H2,1-3H3. The molecule has 4 nitrogen and oxygen atoms in total. The topological polar surface area (TPSA) is 50.7 Å². The number of nitrogens with zero attached hydrogens (tertiary/aromatic N) is 1. The van der Waals surface area contributed by atoms with Crippen molar-refractivity contribution in [3.8, 4) is 0 Å². The molecule has 1 aromatic carbocycles. The number of hydrazone groups is 1. The molecule has 0 saturated carbocycles. The summed E-state index contributed by atoms with van der Waals surface area (Å²) in [6.45, 7) is 9.50. The first-order chi connectivity index (χ1) is 9.56. The van der Waals surface area contributed by atoms with Crippen LogP contribution in [0.2, 0.25) is 0 Å². The molecule has 0 aliphatic carbocycles. The molecule has 1 unspecified atom stereocenters. The van der Waals surface area contributed by atoms with E-state index in [1.54, 1.807) is 6.20 Å². The Balaban J connectivity index is 2.67. The van der Waals surface area contributed by atoms with Gasteiger partial charge in [0.1, 0.15) is 6.61 Å². The molecule has 0 aliphatic rings. The monoisotopic (exact) mass is 274 g/mol. The average molecular weight is 274 g/mol. The molecule has 0 radical (unpaired) electrons. The molecule has 0 fully saturated rings. The lowest BCUT2D eigenvalue weighted by Crippen LogP contribution is -2.24. The van der Waals surface area contributed by atoms with Crippen LogP contribution < -0.4 is 5.43 Å². The summed E-state index contributed by atoms with van der Waals surface area (Å²) in [6.07, 6.45) is 1.68. The molecule has 0 saturated heterocycles. The van der Waals surface area contributed by atoms with E-state index in [0.717, 1.165) is 11.1 Å². The molecule has 0 aliphatic heterocycles. The van der Waals surface area contributed by atoms with Gasteiger partial charge >= 0.3 is 5.97 Å². The minimum atomic E-state index is -0.284. The predicted octanol–water partition coefficient (Wildman–Crippen LogP) is 3.11. The number of rotatable bonds is 7. The fourth-order valence-corrected chi connectivity index (χ4v) is 2.04. The first-order valence-corrected chi connectivity index (χ1v) is 6.64. The molecule has 4 heteroatoms. The number of hydrogen-bond donors (Lipinski definition) is 1. The van der Waals surface area contributed by atoms with Crippen LogP contribution in [0.4, 0.5) is 0 Å². The Hall–Kier alpha value is -2.10. The van der Waals surface area contributed by atoms with Crippen molar-refractivity contribution in [1.82, 2.24) is 5.43 Å². The van der Waals surface area contributed by atoms with E-state index in [1.807, 2.05) is 51.1 Å². The number of hydrogen-bond acceptors (Lipinski definition) is 4. The van der Waals surface area contributed by atoms with Crippen molar-refractivity contribution < 1.29 is 9.53 Å². The van der Waals surface area contributed by atoms with Crippen LogP contribution in [0.1, 0.15) is 26.3 Å². The summed E-state index contributed by atoms with van der Waals surface area (Å²) in [5.41, 5.74) is 4.52. The summed E-state index contributed by atoms with van der Waals surface area (Å²) in [7, 11) is 0. The second-order valence-electron chi connectivity index (χ2n) is 4.99. The van der Waals surface area contributed by atoms with Gasteiger partial charge in [-0.15, -0.1) is 0 Å². The first-order valence-electron chi connectivity index (χ1n) is 6.64. The summed E-state index contributed by atoms with van der Waals surface area (Å²) < 4.78 is 5.40. The Labute approximate surface area is 120 Å². The molecule has 0 spiro atoms. The molecule has 1 atom stereocenters. The maximum atomic E-state index is 12.2. The molecule has 1 aromatic rings. The van der Waals surface area contributed by atoms with E-state index in [1.165, 1.54) is 0 Å². The van der Waals surface area contributed by atoms with Gasteiger partial charge in [-0.05, 0) is 24.0 Å². The highest BCUT2D eigenvalue weighted by atomic mass is 16.5.